The van der Waals surface area contributed by atoms with E-state index in [1.807, 2.05) is 0 Å². The highest BCUT2D eigenvalue weighted by atomic mass is 32.1. The van der Waals surface area contributed by atoms with Crippen molar-refractivity contribution in [2.75, 3.05) is 12.4 Å². The molecule has 2 rings (SSSR count). The largest absolute Gasteiger partial charge is 0.465 e. The van der Waals surface area contributed by atoms with Crippen molar-refractivity contribution < 1.29 is 14.3 Å². The second-order valence-corrected chi connectivity index (χ2v) is 5.99. The average molecular weight is 333 g/mol. The Labute approximate surface area is 138 Å². The molecule has 23 heavy (non-hydrogen) atoms. The van der Waals surface area contributed by atoms with Crippen LogP contribution in [0.15, 0.2) is 24.3 Å². The van der Waals surface area contributed by atoms with Crippen LogP contribution in [0.4, 0.5) is 5.13 Å². The van der Waals surface area contributed by atoms with Gasteiger partial charge in [0.1, 0.15) is 5.01 Å². The van der Waals surface area contributed by atoms with Gasteiger partial charge in [0.05, 0.1) is 12.7 Å². The molecule has 0 saturated heterocycles. The summed E-state index contributed by atoms with van der Waals surface area (Å²) in [7, 11) is 1.30. The molecule has 6 nitrogen and oxygen atoms in total. The van der Waals surface area contributed by atoms with Crippen LogP contribution in [0, 0.1) is 0 Å². The van der Waals surface area contributed by atoms with E-state index in [0.29, 0.717) is 22.2 Å². The lowest BCUT2D eigenvalue weighted by Crippen LogP contribution is -2.13. The van der Waals surface area contributed by atoms with Crippen LogP contribution >= 0.6 is 11.3 Å². The summed E-state index contributed by atoms with van der Waals surface area (Å²) in [5.74, 6) is -0.449. The molecule has 0 radical (unpaired) electrons. The number of hydrogen-bond acceptors (Lipinski definition) is 6. The van der Waals surface area contributed by atoms with E-state index in [2.05, 4.69) is 34.1 Å². The molecule has 1 heterocycles. The predicted molar refractivity (Wildman–Crippen MR) is 89.0 cm³/mol. The first-order valence-electron chi connectivity index (χ1n) is 7.42. The topological polar surface area (TPSA) is 81.2 Å². The van der Waals surface area contributed by atoms with Crippen molar-refractivity contribution in [1.82, 2.24) is 10.2 Å². The predicted octanol–water partition coefficient (Wildman–Crippen LogP) is 3.48. The van der Waals surface area contributed by atoms with E-state index in [-0.39, 0.29) is 5.91 Å². The van der Waals surface area contributed by atoms with E-state index < -0.39 is 5.97 Å². The Morgan fingerprint density at radius 1 is 1.22 bits per heavy atom. The maximum absolute atomic E-state index is 12.3. The van der Waals surface area contributed by atoms with Crippen molar-refractivity contribution in [1.29, 1.82) is 0 Å². The van der Waals surface area contributed by atoms with Gasteiger partial charge in [-0.1, -0.05) is 31.3 Å². The monoisotopic (exact) mass is 333 g/mol. The molecule has 1 amide bonds. The summed E-state index contributed by atoms with van der Waals surface area (Å²) in [5, 5.41) is 12.3. The number of aromatic nitrogens is 2. The van der Waals surface area contributed by atoms with Crippen molar-refractivity contribution in [2.24, 2.45) is 0 Å². The van der Waals surface area contributed by atoms with Crippen molar-refractivity contribution in [3.8, 4) is 0 Å². The minimum Gasteiger partial charge on any atom is -0.465 e. The summed E-state index contributed by atoms with van der Waals surface area (Å²) in [4.78, 5) is 23.8. The molecule has 122 valence electrons. The quantitative estimate of drug-likeness (QED) is 0.819. The van der Waals surface area contributed by atoms with Crippen LogP contribution in [-0.2, 0) is 4.74 Å². The Hall–Kier alpha value is -2.28. The van der Waals surface area contributed by atoms with Gasteiger partial charge in [-0.05, 0) is 31.0 Å². The van der Waals surface area contributed by atoms with E-state index in [4.69, 9.17) is 0 Å². The van der Waals surface area contributed by atoms with Gasteiger partial charge in [-0.25, -0.2) is 4.79 Å². The molecule has 0 saturated carbocycles. The summed E-state index contributed by atoms with van der Waals surface area (Å²) in [5.41, 5.74) is 0.697. The summed E-state index contributed by atoms with van der Waals surface area (Å²) < 4.78 is 4.65. The Balaban J connectivity index is 2.12. The van der Waals surface area contributed by atoms with E-state index in [1.54, 1.807) is 18.2 Å². The second kappa shape index (κ2) is 7.82. The number of esters is 1. The van der Waals surface area contributed by atoms with Gasteiger partial charge < -0.3 is 4.74 Å². The maximum atomic E-state index is 12.3. The van der Waals surface area contributed by atoms with E-state index in [1.165, 1.54) is 24.5 Å². The van der Waals surface area contributed by atoms with E-state index in [9.17, 15) is 9.59 Å². The van der Waals surface area contributed by atoms with Gasteiger partial charge in [0.15, 0.2) is 0 Å². The van der Waals surface area contributed by atoms with Crippen molar-refractivity contribution in [3.63, 3.8) is 0 Å². The van der Waals surface area contributed by atoms with Gasteiger partial charge in [-0.3, -0.25) is 10.1 Å². The Morgan fingerprint density at radius 3 is 2.57 bits per heavy atom. The minimum absolute atomic E-state index is 0.329. The molecule has 1 aromatic carbocycles. The Morgan fingerprint density at radius 2 is 1.91 bits per heavy atom. The summed E-state index contributed by atoms with van der Waals surface area (Å²) in [6.07, 6.45) is 1.97. The summed E-state index contributed by atoms with van der Waals surface area (Å²) >= 11 is 1.38. The average Bonchev–Trinajstić information content (AvgIpc) is 3.03. The number of nitrogens with zero attached hydrogens (tertiary/aromatic N) is 2. The fourth-order valence-corrected chi connectivity index (χ4v) is 3.17. The van der Waals surface area contributed by atoms with Crippen LogP contribution in [0.3, 0.4) is 0 Å². The van der Waals surface area contributed by atoms with Gasteiger partial charge in [0.2, 0.25) is 5.13 Å². The first-order chi connectivity index (χ1) is 11.1. The van der Waals surface area contributed by atoms with Crippen LogP contribution in [0.25, 0.3) is 0 Å². The lowest BCUT2D eigenvalue weighted by Gasteiger charge is -2.06. The molecule has 0 atom stereocenters. The number of hydrogen-bond donors (Lipinski definition) is 1. The molecule has 1 N–H and O–H groups in total. The van der Waals surface area contributed by atoms with E-state index in [0.717, 1.165) is 17.8 Å². The van der Waals surface area contributed by atoms with Crippen LogP contribution in [0.2, 0.25) is 0 Å². The smallest absolute Gasteiger partial charge is 0.337 e. The number of anilines is 1. The molecule has 0 unspecified atom stereocenters. The van der Waals surface area contributed by atoms with Gasteiger partial charge in [-0.2, -0.15) is 0 Å². The molecule has 0 fully saturated rings. The van der Waals surface area contributed by atoms with Crippen molar-refractivity contribution in [3.05, 3.63) is 40.4 Å². The third kappa shape index (κ3) is 4.13. The highest BCUT2D eigenvalue weighted by molar-refractivity contribution is 7.15. The number of methoxy groups -OCH3 is 1. The standard InChI is InChI=1S/C16H19N3O3S/c1-4-10(5-2)14-18-19-16(23-14)17-13(20)11-7-6-8-12(9-11)15(21)22-3/h6-10H,4-5H2,1-3H3,(H,17,19,20). The van der Waals surface area contributed by atoms with Crippen LogP contribution in [0.1, 0.15) is 58.3 Å². The molecule has 0 aliphatic rings. The zero-order valence-corrected chi connectivity index (χ0v) is 14.1. The SMILES string of the molecule is CCC(CC)c1nnc(NC(=O)c2cccc(C(=O)OC)c2)s1. The van der Waals surface area contributed by atoms with Gasteiger partial charge in [0, 0.05) is 11.5 Å². The zero-order valence-electron chi connectivity index (χ0n) is 13.3. The molecule has 0 bridgehead atoms. The number of nitrogens with one attached hydrogen (secondary N) is 1. The number of rotatable bonds is 6. The number of carbonyl (C=O) groups excluding carboxylic acids is 2. The lowest BCUT2D eigenvalue weighted by atomic mass is 10.1. The summed E-state index contributed by atoms with van der Waals surface area (Å²) in [6, 6.07) is 6.35. The summed E-state index contributed by atoms with van der Waals surface area (Å²) in [6.45, 7) is 4.21. The highest BCUT2D eigenvalue weighted by Gasteiger charge is 2.16. The molecule has 1 aromatic heterocycles. The normalized spacial score (nSPS) is 10.6. The first-order valence-corrected chi connectivity index (χ1v) is 8.23. The van der Waals surface area contributed by atoms with Crippen molar-refractivity contribution in [2.45, 2.75) is 32.6 Å². The molecule has 2 aromatic rings. The van der Waals surface area contributed by atoms with Gasteiger partial charge >= 0.3 is 5.97 Å². The number of amides is 1. The maximum Gasteiger partial charge on any atom is 0.337 e. The van der Waals surface area contributed by atoms with Crippen LogP contribution in [-0.4, -0.2) is 29.2 Å². The minimum atomic E-state index is -0.480. The van der Waals surface area contributed by atoms with E-state index >= 15 is 0 Å². The molecule has 0 spiro atoms. The van der Waals surface area contributed by atoms with Crippen molar-refractivity contribution >= 4 is 28.3 Å². The van der Waals surface area contributed by atoms with Gasteiger partial charge in [-0.15, -0.1) is 10.2 Å². The number of benzene rings is 1. The van der Waals surface area contributed by atoms with Gasteiger partial charge in [0.25, 0.3) is 5.91 Å². The third-order valence-electron chi connectivity index (χ3n) is 3.54. The molecular weight excluding hydrogens is 314 g/mol. The molecule has 7 heteroatoms. The van der Waals surface area contributed by atoms with Crippen LogP contribution < -0.4 is 5.32 Å². The zero-order chi connectivity index (χ0) is 16.8. The lowest BCUT2D eigenvalue weighted by molar-refractivity contribution is 0.0600. The third-order valence-corrected chi connectivity index (χ3v) is 4.54. The Bertz CT molecular complexity index is 695. The number of ether oxygens (including phenoxy) is 1. The fraction of sp³-hybridized carbons (Fsp3) is 0.375. The Kier molecular flexibility index (Phi) is 5.81. The molecular formula is C16H19N3O3S. The molecule has 0 aliphatic heterocycles. The van der Waals surface area contributed by atoms with Crippen LogP contribution in [0.5, 0.6) is 0 Å². The second-order valence-electron chi connectivity index (χ2n) is 4.99. The highest BCUT2D eigenvalue weighted by Crippen LogP contribution is 2.28. The molecule has 0 aliphatic carbocycles. The number of carbonyl (C=O) groups is 2. The first kappa shape index (κ1) is 17.1. The fourth-order valence-electron chi connectivity index (χ4n) is 2.16.